The largest absolute Gasteiger partial charge is 0.465 e. The summed E-state index contributed by atoms with van der Waals surface area (Å²) in [4.78, 5) is 39.0. The van der Waals surface area contributed by atoms with Gasteiger partial charge in [-0.25, -0.2) is 4.79 Å². The lowest BCUT2D eigenvalue weighted by atomic mass is 10.2. The van der Waals surface area contributed by atoms with Gasteiger partial charge in [-0.1, -0.05) is 0 Å². The van der Waals surface area contributed by atoms with Crippen molar-refractivity contribution < 1.29 is 9.53 Å². The zero-order valence-corrected chi connectivity index (χ0v) is 8.37. The van der Waals surface area contributed by atoms with Crippen LogP contribution in [0, 0.1) is 0 Å². The van der Waals surface area contributed by atoms with Crippen LogP contribution in [-0.2, 0) is 4.74 Å². The zero-order valence-electron chi connectivity index (χ0n) is 8.37. The molecule has 0 atom stereocenters. The molecule has 0 saturated heterocycles. The average Bonchev–Trinajstić information content (AvgIpc) is 2.28. The molecule has 2 aromatic heterocycles. The summed E-state index contributed by atoms with van der Waals surface area (Å²) >= 11 is 0. The first-order valence-electron chi connectivity index (χ1n) is 4.46. The molecule has 6 heteroatoms. The van der Waals surface area contributed by atoms with Crippen LogP contribution < -0.4 is 11.1 Å². The average molecular weight is 220 g/mol. The van der Waals surface area contributed by atoms with Crippen LogP contribution in [0.2, 0.25) is 0 Å². The molecular weight excluding hydrogens is 212 g/mol. The van der Waals surface area contributed by atoms with E-state index in [0.29, 0.717) is 5.52 Å². The Morgan fingerprint density at radius 3 is 2.75 bits per heavy atom. The Kier molecular flexibility index (Phi) is 2.32. The monoisotopic (exact) mass is 220 g/mol. The van der Waals surface area contributed by atoms with E-state index in [2.05, 4.69) is 14.7 Å². The van der Waals surface area contributed by atoms with E-state index in [9.17, 15) is 14.4 Å². The van der Waals surface area contributed by atoms with Crippen molar-refractivity contribution in [1.82, 2.24) is 9.97 Å². The lowest BCUT2D eigenvalue weighted by Crippen LogP contribution is -2.20. The highest BCUT2D eigenvalue weighted by molar-refractivity contribution is 5.93. The van der Waals surface area contributed by atoms with Gasteiger partial charge in [-0.3, -0.25) is 9.59 Å². The van der Waals surface area contributed by atoms with E-state index in [0.717, 1.165) is 0 Å². The molecule has 2 N–H and O–H groups in total. The third-order valence-corrected chi connectivity index (χ3v) is 2.19. The van der Waals surface area contributed by atoms with Crippen molar-refractivity contribution in [2.24, 2.45) is 0 Å². The summed E-state index contributed by atoms with van der Waals surface area (Å²) in [5, 5.41) is 0.238. The second-order valence-electron chi connectivity index (χ2n) is 3.14. The number of nitrogens with one attached hydrogen (secondary N) is 2. The van der Waals surface area contributed by atoms with Crippen LogP contribution in [0.3, 0.4) is 0 Å². The number of pyridine rings is 2. The van der Waals surface area contributed by atoms with Gasteiger partial charge >= 0.3 is 5.97 Å². The minimum atomic E-state index is -0.772. The molecule has 16 heavy (non-hydrogen) atoms. The smallest absolute Gasteiger partial charge is 0.343 e. The Morgan fingerprint density at radius 1 is 1.31 bits per heavy atom. The fourth-order valence-electron chi connectivity index (χ4n) is 1.40. The summed E-state index contributed by atoms with van der Waals surface area (Å²) < 4.78 is 4.43. The summed E-state index contributed by atoms with van der Waals surface area (Å²) in [5.41, 5.74) is -0.767. The van der Waals surface area contributed by atoms with E-state index in [1.165, 1.54) is 19.4 Å². The number of methoxy groups -OCH3 is 1. The van der Waals surface area contributed by atoms with Gasteiger partial charge in [0.25, 0.3) is 11.1 Å². The van der Waals surface area contributed by atoms with Gasteiger partial charge in [0.05, 0.1) is 18.0 Å². The first kappa shape index (κ1) is 10.2. The van der Waals surface area contributed by atoms with Gasteiger partial charge in [0, 0.05) is 6.20 Å². The van der Waals surface area contributed by atoms with Crippen LogP contribution >= 0.6 is 0 Å². The number of hydrogen-bond donors (Lipinski definition) is 2. The number of fused-ring (bicyclic) bond motifs is 1. The van der Waals surface area contributed by atoms with Crippen LogP contribution in [0.25, 0.3) is 10.9 Å². The lowest BCUT2D eigenvalue weighted by Gasteiger charge is -2.00. The first-order chi connectivity index (χ1) is 7.63. The summed E-state index contributed by atoms with van der Waals surface area (Å²) in [5.74, 6) is -0.772. The molecule has 6 nitrogen and oxygen atoms in total. The number of carbonyl (C=O) groups excluding carboxylic acids is 1. The number of ether oxygens (including phenoxy) is 1. The van der Waals surface area contributed by atoms with Crippen LogP contribution in [-0.4, -0.2) is 23.0 Å². The third kappa shape index (κ3) is 1.50. The summed E-state index contributed by atoms with van der Waals surface area (Å²) in [6.07, 6.45) is 1.42. The van der Waals surface area contributed by atoms with Gasteiger partial charge < -0.3 is 14.7 Å². The Hall–Kier alpha value is -2.37. The van der Waals surface area contributed by atoms with Gasteiger partial charge in [0.1, 0.15) is 5.56 Å². The first-order valence-corrected chi connectivity index (χ1v) is 4.46. The van der Waals surface area contributed by atoms with Gasteiger partial charge in [-0.15, -0.1) is 0 Å². The molecule has 0 radical (unpaired) electrons. The predicted molar refractivity (Wildman–Crippen MR) is 56.5 cm³/mol. The molecule has 0 aromatic carbocycles. The van der Waals surface area contributed by atoms with Crippen molar-refractivity contribution in [3.8, 4) is 0 Å². The van der Waals surface area contributed by atoms with Crippen molar-refractivity contribution >= 4 is 16.9 Å². The number of carbonyl (C=O) groups is 1. The van der Waals surface area contributed by atoms with Crippen LogP contribution in [0.1, 0.15) is 10.4 Å². The third-order valence-electron chi connectivity index (χ3n) is 2.19. The van der Waals surface area contributed by atoms with Crippen LogP contribution in [0.4, 0.5) is 0 Å². The quantitative estimate of drug-likeness (QED) is 0.662. The zero-order chi connectivity index (χ0) is 11.7. The number of aromatic nitrogens is 2. The molecular formula is C10H8N2O4. The van der Waals surface area contributed by atoms with Crippen LogP contribution in [0.15, 0.2) is 27.9 Å². The molecule has 0 aliphatic heterocycles. The SMILES string of the molecule is COC(=O)c1cc2c(=O)[nH]ccc2[nH]c1=O. The predicted octanol–water partition coefficient (Wildman–Crippen LogP) is 0.00300. The molecule has 0 amide bonds. The maximum Gasteiger partial charge on any atom is 0.343 e. The molecule has 0 unspecified atom stereocenters. The number of H-pyrrole nitrogens is 2. The maximum absolute atomic E-state index is 11.5. The van der Waals surface area contributed by atoms with Crippen molar-refractivity contribution in [2.45, 2.75) is 0 Å². The highest BCUT2D eigenvalue weighted by Crippen LogP contribution is 2.05. The fraction of sp³-hybridized carbons (Fsp3) is 0.100. The summed E-state index contributed by atoms with van der Waals surface area (Å²) in [6.45, 7) is 0. The molecule has 0 fully saturated rings. The van der Waals surface area contributed by atoms with Crippen molar-refractivity contribution in [2.75, 3.05) is 7.11 Å². The fourth-order valence-corrected chi connectivity index (χ4v) is 1.40. The Bertz CT molecular complexity index is 668. The lowest BCUT2D eigenvalue weighted by molar-refractivity contribution is 0.0599. The van der Waals surface area contributed by atoms with E-state index in [1.807, 2.05) is 0 Å². The number of aromatic amines is 2. The standard InChI is InChI=1S/C10H8N2O4/c1-16-10(15)6-4-5-7(12-9(6)14)2-3-11-8(5)13/h2-4H,1H3,(H,11,13)(H,12,14). The molecule has 0 spiro atoms. The molecule has 0 saturated carbocycles. The molecule has 82 valence electrons. The molecule has 2 rings (SSSR count). The van der Waals surface area contributed by atoms with E-state index in [1.54, 1.807) is 6.07 Å². The highest BCUT2D eigenvalue weighted by atomic mass is 16.5. The summed E-state index contributed by atoms with van der Waals surface area (Å²) in [6, 6.07) is 2.76. The Labute approximate surface area is 88.9 Å². The van der Waals surface area contributed by atoms with Crippen molar-refractivity contribution in [3.63, 3.8) is 0 Å². The molecule has 0 aliphatic rings. The van der Waals surface area contributed by atoms with Crippen molar-refractivity contribution in [3.05, 3.63) is 44.6 Å². The van der Waals surface area contributed by atoms with Crippen molar-refractivity contribution in [1.29, 1.82) is 0 Å². The van der Waals surface area contributed by atoms with Crippen LogP contribution in [0.5, 0.6) is 0 Å². The highest BCUT2D eigenvalue weighted by Gasteiger charge is 2.12. The summed E-state index contributed by atoms with van der Waals surface area (Å²) in [7, 11) is 1.17. The number of esters is 1. The molecule has 2 heterocycles. The van der Waals surface area contributed by atoms with Gasteiger partial charge in [-0.05, 0) is 12.1 Å². The minimum Gasteiger partial charge on any atom is -0.465 e. The molecule has 0 bridgehead atoms. The minimum absolute atomic E-state index is 0.188. The Balaban J connectivity index is 2.85. The van der Waals surface area contributed by atoms with Gasteiger partial charge in [-0.2, -0.15) is 0 Å². The van der Waals surface area contributed by atoms with E-state index >= 15 is 0 Å². The Morgan fingerprint density at radius 2 is 2.06 bits per heavy atom. The van der Waals surface area contributed by atoms with E-state index < -0.39 is 11.5 Å². The van der Waals surface area contributed by atoms with Gasteiger partial charge in [0.15, 0.2) is 0 Å². The molecule has 2 aromatic rings. The maximum atomic E-state index is 11.5. The normalized spacial score (nSPS) is 10.3. The topological polar surface area (TPSA) is 92.0 Å². The second-order valence-corrected chi connectivity index (χ2v) is 3.14. The number of rotatable bonds is 1. The van der Waals surface area contributed by atoms with E-state index in [4.69, 9.17) is 0 Å². The van der Waals surface area contributed by atoms with E-state index in [-0.39, 0.29) is 16.5 Å². The molecule has 0 aliphatic carbocycles. The number of hydrogen-bond acceptors (Lipinski definition) is 4. The van der Waals surface area contributed by atoms with Gasteiger partial charge in [0.2, 0.25) is 0 Å². The second kappa shape index (κ2) is 3.65.